The van der Waals surface area contributed by atoms with Crippen molar-refractivity contribution in [3.05, 3.63) is 35.4 Å². The number of amides is 1. The van der Waals surface area contributed by atoms with Gasteiger partial charge >= 0.3 is 12.3 Å². The zero-order valence-corrected chi connectivity index (χ0v) is 14.5. The molecule has 1 amide bonds. The van der Waals surface area contributed by atoms with Crippen molar-refractivity contribution in [3.63, 3.8) is 0 Å². The van der Waals surface area contributed by atoms with E-state index in [1.165, 1.54) is 17.0 Å². The summed E-state index contributed by atoms with van der Waals surface area (Å²) in [7, 11) is 0. The molecule has 0 unspecified atom stereocenters. The van der Waals surface area contributed by atoms with Crippen molar-refractivity contribution < 1.29 is 27.4 Å². The van der Waals surface area contributed by atoms with E-state index in [0.29, 0.717) is 12.1 Å². The van der Waals surface area contributed by atoms with Gasteiger partial charge < -0.3 is 20.1 Å². The van der Waals surface area contributed by atoms with Crippen molar-refractivity contribution in [2.24, 2.45) is 5.73 Å². The molecule has 0 radical (unpaired) electrons. The lowest BCUT2D eigenvalue weighted by Gasteiger charge is -2.24. The van der Waals surface area contributed by atoms with E-state index in [0.717, 1.165) is 12.1 Å². The molecule has 5 nitrogen and oxygen atoms in total. The fourth-order valence-electron chi connectivity index (χ4n) is 2.44. The molecular formula is C17H23F3N2O3. The second-order valence-electron chi connectivity index (χ2n) is 7.09. The lowest BCUT2D eigenvalue weighted by atomic mass is 10.1. The highest BCUT2D eigenvalue weighted by atomic mass is 19.4. The maximum atomic E-state index is 12.5. The van der Waals surface area contributed by atoms with Gasteiger partial charge in [0.25, 0.3) is 0 Å². The number of ether oxygens (including phenoxy) is 2. The van der Waals surface area contributed by atoms with Crippen LogP contribution in [0.4, 0.5) is 18.0 Å². The van der Waals surface area contributed by atoms with Gasteiger partial charge in [0, 0.05) is 6.54 Å². The zero-order valence-electron chi connectivity index (χ0n) is 14.5. The number of halogens is 3. The largest absolute Gasteiger partial charge is 0.444 e. The minimum absolute atomic E-state index is 0.124. The number of likely N-dealkylation sites (tertiary alicyclic amines) is 1. The number of rotatable bonds is 3. The van der Waals surface area contributed by atoms with Crippen LogP contribution in [-0.4, -0.2) is 41.8 Å². The molecular weight excluding hydrogens is 337 g/mol. The number of hydrogen-bond donors (Lipinski definition) is 1. The summed E-state index contributed by atoms with van der Waals surface area (Å²) >= 11 is 0. The van der Waals surface area contributed by atoms with E-state index < -0.39 is 29.5 Å². The van der Waals surface area contributed by atoms with Gasteiger partial charge in [0.05, 0.1) is 30.9 Å². The smallest absolute Gasteiger partial charge is 0.416 e. The first kappa shape index (κ1) is 19.5. The molecule has 1 aromatic rings. The van der Waals surface area contributed by atoms with E-state index in [9.17, 15) is 18.0 Å². The van der Waals surface area contributed by atoms with E-state index in [1.54, 1.807) is 20.8 Å². The summed E-state index contributed by atoms with van der Waals surface area (Å²) in [6, 6.07) is 4.40. The molecule has 0 saturated carbocycles. The predicted molar refractivity (Wildman–Crippen MR) is 85.8 cm³/mol. The van der Waals surface area contributed by atoms with Gasteiger partial charge in [-0.15, -0.1) is 0 Å². The van der Waals surface area contributed by atoms with E-state index in [1.807, 2.05) is 0 Å². The van der Waals surface area contributed by atoms with E-state index in [2.05, 4.69) is 0 Å². The standard InChI is InChI=1S/C17H23F3N2O3/c1-16(2,3)25-15(23)22-8-13(21)14(9-22)24-10-11-4-6-12(7-5-11)17(18,19)20/h4-7,13-14H,8-10,21H2,1-3H3/t13-,14-/m1/s1. The molecule has 2 rings (SSSR count). The summed E-state index contributed by atoms with van der Waals surface area (Å²) in [4.78, 5) is 13.5. The van der Waals surface area contributed by atoms with Crippen LogP contribution in [0.15, 0.2) is 24.3 Å². The number of alkyl halides is 3. The molecule has 1 saturated heterocycles. The van der Waals surface area contributed by atoms with Gasteiger partial charge in [0.2, 0.25) is 0 Å². The number of nitrogens with two attached hydrogens (primary N) is 1. The maximum absolute atomic E-state index is 12.5. The first-order chi connectivity index (χ1) is 11.5. The molecule has 140 valence electrons. The summed E-state index contributed by atoms with van der Waals surface area (Å²) in [6.45, 7) is 6.06. The zero-order chi connectivity index (χ0) is 18.8. The number of hydrogen-bond acceptors (Lipinski definition) is 4. The summed E-state index contributed by atoms with van der Waals surface area (Å²) in [5, 5.41) is 0. The molecule has 2 atom stereocenters. The van der Waals surface area contributed by atoms with Gasteiger partial charge in [-0.1, -0.05) is 12.1 Å². The number of benzene rings is 1. The summed E-state index contributed by atoms with van der Waals surface area (Å²) in [5.74, 6) is 0. The summed E-state index contributed by atoms with van der Waals surface area (Å²) < 4.78 is 48.6. The topological polar surface area (TPSA) is 64.8 Å². The number of nitrogens with zero attached hydrogens (tertiary/aromatic N) is 1. The van der Waals surface area contributed by atoms with Crippen LogP contribution in [0.1, 0.15) is 31.9 Å². The molecule has 0 aromatic heterocycles. The average molecular weight is 360 g/mol. The normalized spacial score (nSPS) is 21.5. The fourth-order valence-corrected chi connectivity index (χ4v) is 2.44. The van der Waals surface area contributed by atoms with Gasteiger partial charge in [0.1, 0.15) is 5.60 Å². The van der Waals surface area contributed by atoms with Crippen molar-refractivity contribution in [2.75, 3.05) is 13.1 Å². The number of carbonyl (C=O) groups is 1. The second kappa shape index (κ2) is 7.21. The Morgan fingerprint density at radius 2 is 1.80 bits per heavy atom. The third kappa shape index (κ3) is 5.61. The molecule has 2 N–H and O–H groups in total. The Labute approximate surface area is 144 Å². The van der Waals surface area contributed by atoms with Crippen LogP contribution in [0.25, 0.3) is 0 Å². The Hall–Kier alpha value is -1.80. The van der Waals surface area contributed by atoms with Gasteiger partial charge in [-0.05, 0) is 38.5 Å². The van der Waals surface area contributed by atoms with Gasteiger partial charge in [0.15, 0.2) is 0 Å². The quantitative estimate of drug-likeness (QED) is 0.899. The van der Waals surface area contributed by atoms with Crippen LogP contribution in [-0.2, 0) is 22.3 Å². The third-order valence-corrected chi connectivity index (χ3v) is 3.71. The fraction of sp³-hybridized carbons (Fsp3) is 0.588. The Morgan fingerprint density at radius 1 is 1.20 bits per heavy atom. The van der Waals surface area contributed by atoms with E-state index >= 15 is 0 Å². The van der Waals surface area contributed by atoms with Crippen molar-refractivity contribution in [1.82, 2.24) is 4.90 Å². The van der Waals surface area contributed by atoms with Crippen molar-refractivity contribution in [3.8, 4) is 0 Å². The minimum atomic E-state index is -4.36. The molecule has 0 spiro atoms. The maximum Gasteiger partial charge on any atom is 0.416 e. The van der Waals surface area contributed by atoms with E-state index in [4.69, 9.17) is 15.2 Å². The molecule has 1 aliphatic rings. The summed E-state index contributed by atoms with van der Waals surface area (Å²) in [5.41, 5.74) is 5.30. The van der Waals surface area contributed by atoms with Gasteiger partial charge in [-0.3, -0.25) is 0 Å². The molecule has 1 fully saturated rings. The monoisotopic (exact) mass is 360 g/mol. The van der Waals surface area contributed by atoms with Crippen LogP contribution < -0.4 is 5.73 Å². The highest BCUT2D eigenvalue weighted by Crippen LogP contribution is 2.29. The van der Waals surface area contributed by atoms with Crippen molar-refractivity contribution in [1.29, 1.82) is 0 Å². The molecule has 8 heteroatoms. The first-order valence-electron chi connectivity index (χ1n) is 7.97. The van der Waals surface area contributed by atoms with E-state index in [-0.39, 0.29) is 19.2 Å². The molecule has 0 bridgehead atoms. The molecule has 1 heterocycles. The highest BCUT2D eigenvalue weighted by Gasteiger charge is 2.36. The van der Waals surface area contributed by atoms with Crippen LogP contribution in [0.3, 0.4) is 0 Å². The lowest BCUT2D eigenvalue weighted by Crippen LogP contribution is -2.36. The number of carbonyl (C=O) groups excluding carboxylic acids is 1. The minimum Gasteiger partial charge on any atom is -0.444 e. The van der Waals surface area contributed by atoms with Crippen molar-refractivity contribution >= 4 is 6.09 Å². The van der Waals surface area contributed by atoms with Crippen LogP contribution in [0.5, 0.6) is 0 Å². The second-order valence-corrected chi connectivity index (χ2v) is 7.09. The van der Waals surface area contributed by atoms with Crippen molar-refractivity contribution in [2.45, 2.75) is 51.3 Å². The Kier molecular flexibility index (Phi) is 5.63. The average Bonchev–Trinajstić information content (AvgIpc) is 2.84. The van der Waals surface area contributed by atoms with Crippen LogP contribution in [0.2, 0.25) is 0 Å². The lowest BCUT2D eigenvalue weighted by molar-refractivity contribution is -0.137. The first-order valence-corrected chi connectivity index (χ1v) is 7.97. The molecule has 25 heavy (non-hydrogen) atoms. The van der Waals surface area contributed by atoms with Crippen LogP contribution in [0, 0.1) is 0 Å². The SMILES string of the molecule is CC(C)(C)OC(=O)N1C[C@@H](N)[C@H](OCc2ccc(C(F)(F)F)cc2)C1. The van der Waals surface area contributed by atoms with Gasteiger partial charge in [-0.2, -0.15) is 13.2 Å². The van der Waals surface area contributed by atoms with Crippen LogP contribution >= 0.6 is 0 Å². The summed E-state index contributed by atoms with van der Waals surface area (Å²) in [6.07, 6.45) is -5.21. The molecule has 1 aromatic carbocycles. The Balaban J connectivity index is 1.88. The predicted octanol–water partition coefficient (Wildman–Crippen LogP) is 3.17. The third-order valence-electron chi connectivity index (χ3n) is 3.71. The van der Waals surface area contributed by atoms with Gasteiger partial charge in [-0.25, -0.2) is 4.79 Å². The Morgan fingerprint density at radius 3 is 2.32 bits per heavy atom. The molecule has 1 aliphatic heterocycles. The highest BCUT2D eigenvalue weighted by molar-refractivity contribution is 5.68. The Bertz CT molecular complexity index is 597. The molecule has 0 aliphatic carbocycles.